The van der Waals surface area contributed by atoms with Gasteiger partial charge < -0.3 is 9.47 Å². The topological polar surface area (TPSA) is 66.0 Å². The molecule has 2 aliphatic rings. The number of nitrogens with zero attached hydrogens (tertiary/aromatic N) is 2. The van der Waals surface area contributed by atoms with Crippen molar-refractivity contribution in [2.45, 2.75) is 88.3 Å². The van der Waals surface area contributed by atoms with Gasteiger partial charge in [-0.2, -0.15) is 10.5 Å². The Bertz CT molecular complexity index is 578. The highest BCUT2D eigenvalue weighted by Crippen LogP contribution is 2.32. The minimum Gasteiger partial charge on any atom is -0.361 e. The molecule has 26 heavy (non-hydrogen) atoms. The van der Waals surface area contributed by atoms with Crippen LogP contribution in [0.5, 0.6) is 0 Å². The van der Waals surface area contributed by atoms with Crippen LogP contribution in [0.25, 0.3) is 0 Å². The third-order valence-electron chi connectivity index (χ3n) is 5.15. The lowest BCUT2D eigenvalue weighted by Gasteiger charge is -2.32. The molecule has 0 saturated heterocycles. The summed E-state index contributed by atoms with van der Waals surface area (Å²) in [6.07, 6.45) is 11.3. The van der Waals surface area contributed by atoms with Crippen molar-refractivity contribution in [3.8, 4) is 35.8 Å². The normalized spacial score (nSPS) is 20.4. The highest BCUT2D eigenvalue weighted by Gasteiger charge is 2.32. The first-order valence-electron chi connectivity index (χ1n) is 9.80. The summed E-state index contributed by atoms with van der Waals surface area (Å²) >= 11 is 0. The zero-order valence-electron chi connectivity index (χ0n) is 15.6. The SMILES string of the molecule is N#CCCOC1(C#CC#CC2(OCCC#N)CCCCC2)CCCCC1. The lowest BCUT2D eigenvalue weighted by molar-refractivity contribution is -0.0237. The van der Waals surface area contributed by atoms with E-state index in [2.05, 4.69) is 35.8 Å². The summed E-state index contributed by atoms with van der Waals surface area (Å²) < 4.78 is 12.0. The molecule has 2 aliphatic carbocycles. The van der Waals surface area contributed by atoms with Crippen LogP contribution in [-0.4, -0.2) is 24.4 Å². The second kappa shape index (κ2) is 10.9. The zero-order valence-corrected chi connectivity index (χ0v) is 15.6. The van der Waals surface area contributed by atoms with Crippen LogP contribution >= 0.6 is 0 Å². The standard InChI is InChI=1S/C22H28N2O2/c23-17-9-19-25-21(11-3-1-4-12-21)15-7-8-16-22(26-20-10-18-24)13-5-2-6-14-22/h1-6,9-14,19-20H2. The summed E-state index contributed by atoms with van der Waals surface area (Å²) in [5.41, 5.74) is -0.879. The van der Waals surface area contributed by atoms with E-state index >= 15 is 0 Å². The molecule has 0 radical (unpaired) electrons. The van der Waals surface area contributed by atoms with Crippen molar-refractivity contribution < 1.29 is 9.47 Å². The molecule has 0 unspecified atom stereocenters. The first-order valence-corrected chi connectivity index (χ1v) is 9.80. The second-order valence-electron chi connectivity index (χ2n) is 7.12. The predicted molar refractivity (Wildman–Crippen MR) is 99.5 cm³/mol. The molecule has 2 fully saturated rings. The van der Waals surface area contributed by atoms with Gasteiger partial charge in [0.2, 0.25) is 0 Å². The third kappa shape index (κ3) is 6.39. The second-order valence-corrected chi connectivity index (χ2v) is 7.12. The number of hydrogen-bond donors (Lipinski definition) is 0. The highest BCUT2D eigenvalue weighted by molar-refractivity contribution is 5.33. The van der Waals surface area contributed by atoms with Gasteiger partial charge in [-0.3, -0.25) is 0 Å². The largest absolute Gasteiger partial charge is 0.361 e. The van der Waals surface area contributed by atoms with Crippen LogP contribution in [0.2, 0.25) is 0 Å². The van der Waals surface area contributed by atoms with Gasteiger partial charge in [-0.05, 0) is 63.2 Å². The van der Waals surface area contributed by atoms with Gasteiger partial charge in [-0.25, -0.2) is 0 Å². The molecule has 0 amide bonds. The summed E-state index contributed by atoms with van der Waals surface area (Å²) in [4.78, 5) is 0. The van der Waals surface area contributed by atoms with Crippen LogP contribution in [0.1, 0.15) is 77.0 Å². The molecule has 0 atom stereocenters. The van der Waals surface area contributed by atoms with Gasteiger partial charge in [0, 0.05) is 0 Å². The molecule has 0 aromatic rings. The molecule has 0 bridgehead atoms. The van der Waals surface area contributed by atoms with Gasteiger partial charge in [0.15, 0.2) is 0 Å². The Kier molecular flexibility index (Phi) is 8.51. The molecule has 0 aromatic carbocycles. The van der Waals surface area contributed by atoms with Crippen molar-refractivity contribution in [1.82, 2.24) is 0 Å². The monoisotopic (exact) mass is 352 g/mol. The van der Waals surface area contributed by atoms with E-state index in [9.17, 15) is 0 Å². The van der Waals surface area contributed by atoms with E-state index in [0.29, 0.717) is 26.1 Å². The summed E-state index contributed by atoms with van der Waals surface area (Å²) in [6.45, 7) is 0.861. The van der Waals surface area contributed by atoms with Crippen LogP contribution in [0.4, 0.5) is 0 Å². The zero-order chi connectivity index (χ0) is 18.6. The maximum atomic E-state index is 8.73. The van der Waals surface area contributed by atoms with Gasteiger partial charge in [0.1, 0.15) is 11.2 Å². The lowest BCUT2D eigenvalue weighted by atomic mass is 9.84. The summed E-state index contributed by atoms with van der Waals surface area (Å²) in [7, 11) is 0. The van der Waals surface area contributed by atoms with E-state index < -0.39 is 11.2 Å². The van der Waals surface area contributed by atoms with E-state index in [-0.39, 0.29) is 0 Å². The molecule has 138 valence electrons. The molecule has 0 aliphatic heterocycles. The first kappa shape index (κ1) is 20.3. The van der Waals surface area contributed by atoms with Crippen molar-refractivity contribution in [2.24, 2.45) is 0 Å². The van der Waals surface area contributed by atoms with Crippen LogP contribution in [0.3, 0.4) is 0 Å². The Labute approximate surface area is 157 Å². The summed E-state index contributed by atoms with van der Waals surface area (Å²) in [6, 6.07) is 4.25. The minimum absolute atomic E-state index is 0.394. The Morgan fingerprint density at radius 2 is 1.00 bits per heavy atom. The molecule has 2 saturated carbocycles. The van der Waals surface area contributed by atoms with Gasteiger partial charge >= 0.3 is 0 Å². The Hall–Kier alpha value is -1.98. The van der Waals surface area contributed by atoms with Gasteiger partial charge in [0.25, 0.3) is 0 Å². The van der Waals surface area contributed by atoms with Gasteiger partial charge in [-0.1, -0.05) is 24.7 Å². The van der Waals surface area contributed by atoms with Gasteiger partial charge in [0.05, 0.1) is 38.2 Å². The average molecular weight is 352 g/mol. The van der Waals surface area contributed by atoms with Crippen LogP contribution in [0, 0.1) is 46.3 Å². The molecule has 0 heterocycles. The van der Waals surface area contributed by atoms with E-state index in [4.69, 9.17) is 20.0 Å². The molecule has 0 N–H and O–H groups in total. The predicted octanol–water partition coefficient (Wildman–Crippen LogP) is 4.26. The smallest absolute Gasteiger partial charge is 0.129 e. The molecular weight excluding hydrogens is 324 g/mol. The van der Waals surface area contributed by atoms with Crippen LogP contribution in [-0.2, 0) is 9.47 Å². The van der Waals surface area contributed by atoms with Crippen molar-refractivity contribution in [3.63, 3.8) is 0 Å². The summed E-state index contributed by atoms with van der Waals surface area (Å²) in [5.74, 6) is 12.6. The number of ether oxygens (including phenoxy) is 2. The van der Waals surface area contributed by atoms with Gasteiger partial charge in [-0.15, -0.1) is 0 Å². The fourth-order valence-electron chi connectivity index (χ4n) is 3.73. The summed E-state index contributed by atoms with van der Waals surface area (Å²) in [5, 5.41) is 17.5. The van der Waals surface area contributed by atoms with E-state index in [1.165, 1.54) is 12.8 Å². The first-order chi connectivity index (χ1) is 12.7. The number of rotatable bonds is 6. The molecular formula is C22H28N2O2. The fourth-order valence-corrected chi connectivity index (χ4v) is 3.73. The Morgan fingerprint density at radius 3 is 1.35 bits per heavy atom. The maximum absolute atomic E-state index is 8.73. The molecule has 4 heteroatoms. The van der Waals surface area contributed by atoms with Crippen molar-refractivity contribution >= 4 is 0 Å². The minimum atomic E-state index is -0.439. The van der Waals surface area contributed by atoms with E-state index in [1.54, 1.807) is 0 Å². The van der Waals surface area contributed by atoms with Crippen molar-refractivity contribution in [2.75, 3.05) is 13.2 Å². The number of hydrogen-bond acceptors (Lipinski definition) is 4. The van der Waals surface area contributed by atoms with Crippen LogP contribution in [0.15, 0.2) is 0 Å². The Morgan fingerprint density at radius 1 is 0.615 bits per heavy atom. The lowest BCUT2D eigenvalue weighted by Crippen LogP contribution is -2.34. The highest BCUT2D eigenvalue weighted by atomic mass is 16.5. The fraction of sp³-hybridized carbons (Fsp3) is 0.727. The van der Waals surface area contributed by atoms with Crippen molar-refractivity contribution in [1.29, 1.82) is 10.5 Å². The third-order valence-corrected chi connectivity index (χ3v) is 5.15. The molecule has 2 rings (SSSR count). The van der Waals surface area contributed by atoms with Crippen LogP contribution < -0.4 is 0 Å². The quantitative estimate of drug-likeness (QED) is 0.529. The Balaban J connectivity index is 2.06. The van der Waals surface area contributed by atoms with Crippen molar-refractivity contribution in [3.05, 3.63) is 0 Å². The van der Waals surface area contributed by atoms with E-state index in [0.717, 1.165) is 51.4 Å². The molecule has 0 spiro atoms. The van der Waals surface area contributed by atoms with E-state index in [1.807, 2.05) is 0 Å². The number of nitriles is 2. The molecule has 4 nitrogen and oxygen atoms in total. The molecule has 0 aromatic heterocycles. The average Bonchev–Trinajstić information content (AvgIpc) is 2.68. The maximum Gasteiger partial charge on any atom is 0.129 e.